The quantitative estimate of drug-likeness (QED) is 0.379. The molecule has 8 nitrogen and oxygen atoms in total. The highest BCUT2D eigenvalue weighted by molar-refractivity contribution is 6.06. The molecule has 0 heterocycles. The van der Waals surface area contributed by atoms with Gasteiger partial charge in [-0.05, 0) is 49.2 Å². The van der Waals surface area contributed by atoms with Crippen molar-refractivity contribution >= 4 is 23.8 Å². The Bertz CT molecular complexity index is 1140. The van der Waals surface area contributed by atoms with Crippen molar-refractivity contribution in [1.82, 2.24) is 10.6 Å². The van der Waals surface area contributed by atoms with Gasteiger partial charge in [0.25, 0.3) is 11.8 Å². The van der Waals surface area contributed by atoms with E-state index in [-0.39, 0.29) is 37.4 Å². The number of carbonyl (C=O) groups is 4. The molecule has 2 amide bonds. The van der Waals surface area contributed by atoms with Crippen LogP contribution >= 0.6 is 0 Å². The van der Waals surface area contributed by atoms with Crippen molar-refractivity contribution in [3.8, 4) is 0 Å². The summed E-state index contributed by atoms with van der Waals surface area (Å²) in [6.07, 6.45) is -12.3. The Labute approximate surface area is 205 Å². The molecule has 0 bridgehead atoms. The van der Waals surface area contributed by atoms with Gasteiger partial charge in [-0.1, -0.05) is 12.1 Å². The van der Waals surface area contributed by atoms with Gasteiger partial charge < -0.3 is 20.8 Å². The highest BCUT2D eigenvalue weighted by Gasteiger charge is 2.72. The number of nitrogens with one attached hydrogen (secondary N) is 2. The summed E-state index contributed by atoms with van der Waals surface area (Å²) in [5, 5.41) is 22.9. The lowest BCUT2D eigenvalue weighted by molar-refractivity contribution is -0.288. The number of halogens is 6. The second kappa shape index (κ2) is 10.5. The standard InChI is InChI=1S/C23H20F6N2O6/c1-3-30-17(32)15-9-11(5-7-13(15)19(34)35)21(22(24,25)26,23(27,28)29)12-6-8-14(20(36)37)16(10-12)18(33)31-4-2/h5-10H,3-4H2,1-2H3,(H,30,32)(H,31,33)(H,34,35)(H,36,37). The number of carboxylic acids is 2. The van der Waals surface area contributed by atoms with Gasteiger partial charge in [0.1, 0.15) is 0 Å². The maximum atomic E-state index is 14.6. The Hall–Kier alpha value is -4.10. The molecule has 0 atom stereocenters. The minimum absolute atomic E-state index is 0.113. The van der Waals surface area contributed by atoms with Crippen LogP contribution in [0.3, 0.4) is 0 Å². The van der Waals surface area contributed by atoms with Gasteiger partial charge in [-0.15, -0.1) is 0 Å². The molecule has 0 fully saturated rings. The second-order valence-corrected chi connectivity index (χ2v) is 7.60. The average Bonchev–Trinajstić information content (AvgIpc) is 2.77. The summed E-state index contributed by atoms with van der Waals surface area (Å²) < 4.78 is 87.4. The van der Waals surface area contributed by atoms with E-state index >= 15 is 0 Å². The SMILES string of the molecule is CCNC(=O)c1cc(C(c2ccc(C(=O)O)c(C(=O)NCC)c2)(C(F)(F)F)C(F)(F)F)ccc1C(=O)O. The number of amides is 2. The van der Waals surface area contributed by atoms with Crippen LogP contribution in [0.2, 0.25) is 0 Å². The summed E-state index contributed by atoms with van der Waals surface area (Å²) in [5.41, 5.74) is -11.6. The number of aromatic carboxylic acids is 2. The molecular formula is C23H20F6N2O6. The first-order valence-corrected chi connectivity index (χ1v) is 10.5. The predicted molar refractivity (Wildman–Crippen MR) is 116 cm³/mol. The number of hydrogen-bond donors (Lipinski definition) is 4. The number of benzene rings is 2. The third-order valence-corrected chi connectivity index (χ3v) is 5.38. The summed E-state index contributed by atoms with van der Waals surface area (Å²) in [6, 6.07) is 1.75. The summed E-state index contributed by atoms with van der Waals surface area (Å²) >= 11 is 0. The van der Waals surface area contributed by atoms with Gasteiger partial charge >= 0.3 is 24.3 Å². The lowest BCUT2D eigenvalue weighted by atomic mass is 9.71. The number of alkyl halides is 6. The van der Waals surface area contributed by atoms with Gasteiger partial charge in [-0.25, -0.2) is 9.59 Å². The molecule has 0 aromatic heterocycles. The monoisotopic (exact) mass is 534 g/mol. The molecule has 0 spiro atoms. The lowest BCUT2D eigenvalue weighted by Gasteiger charge is -2.38. The molecule has 37 heavy (non-hydrogen) atoms. The minimum atomic E-state index is -6.16. The molecule has 2 rings (SSSR count). The average molecular weight is 534 g/mol. The van der Waals surface area contributed by atoms with Crippen LogP contribution in [0.15, 0.2) is 36.4 Å². The van der Waals surface area contributed by atoms with Crippen molar-refractivity contribution in [1.29, 1.82) is 0 Å². The van der Waals surface area contributed by atoms with E-state index in [0.717, 1.165) is 0 Å². The van der Waals surface area contributed by atoms with E-state index in [9.17, 15) is 55.7 Å². The Morgan fingerprint density at radius 1 is 0.649 bits per heavy atom. The van der Waals surface area contributed by atoms with E-state index in [1.165, 1.54) is 13.8 Å². The first-order chi connectivity index (χ1) is 17.0. The molecule has 200 valence electrons. The van der Waals surface area contributed by atoms with Crippen LogP contribution in [0.5, 0.6) is 0 Å². The van der Waals surface area contributed by atoms with Crippen molar-refractivity contribution in [2.24, 2.45) is 0 Å². The molecule has 0 aliphatic carbocycles. The third kappa shape index (κ3) is 5.22. The molecule has 0 unspecified atom stereocenters. The van der Waals surface area contributed by atoms with Crippen LogP contribution in [0.4, 0.5) is 26.3 Å². The topological polar surface area (TPSA) is 133 Å². The summed E-state index contributed by atoms with van der Waals surface area (Å²) in [4.78, 5) is 47.8. The molecule has 14 heteroatoms. The predicted octanol–water partition coefficient (Wildman–Crippen LogP) is 3.99. The zero-order valence-electron chi connectivity index (χ0n) is 19.2. The van der Waals surface area contributed by atoms with Crippen molar-refractivity contribution < 1.29 is 55.7 Å². The van der Waals surface area contributed by atoms with Gasteiger partial charge in [0.15, 0.2) is 0 Å². The van der Waals surface area contributed by atoms with Crippen LogP contribution in [-0.4, -0.2) is 59.4 Å². The van der Waals surface area contributed by atoms with Gasteiger partial charge in [-0.2, -0.15) is 26.3 Å². The molecule has 0 saturated carbocycles. The Kier molecular flexibility index (Phi) is 8.25. The molecule has 4 N–H and O–H groups in total. The fourth-order valence-corrected chi connectivity index (χ4v) is 3.80. The van der Waals surface area contributed by atoms with Crippen LogP contribution in [0.1, 0.15) is 66.4 Å². The maximum absolute atomic E-state index is 14.6. The molecule has 0 aliphatic heterocycles. The first kappa shape index (κ1) is 29.1. The lowest BCUT2D eigenvalue weighted by Crippen LogP contribution is -2.55. The largest absolute Gasteiger partial charge is 0.478 e. The Balaban J connectivity index is 3.08. The minimum Gasteiger partial charge on any atom is -0.478 e. The van der Waals surface area contributed by atoms with E-state index in [1.54, 1.807) is 0 Å². The van der Waals surface area contributed by atoms with Gasteiger partial charge in [0.05, 0.1) is 22.3 Å². The van der Waals surface area contributed by atoms with Gasteiger partial charge in [-0.3, -0.25) is 9.59 Å². The van der Waals surface area contributed by atoms with Crippen LogP contribution < -0.4 is 10.6 Å². The fourth-order valence-electron chi connectivity index (χ4n) is 3.80. The normalized spacial score (nSPS) is 12.1. The van der Waals surface area contributed by atoms with Crippen LogP contribution in [0.25, 0.3) is 0 Å². The Morgan fingerprint density at radius 3 is 1.22 bits per heavy atom. The van der Waals surface area contributed by atoms with E-state index in [4.69, 9.17) is 0 Å². The fraction of sp³-hybridized carbons (Fsp3) is 0.304. The van der Waals surface area contributed by atoms with E-state index < -0.39 is 74.9 Å². The summed E-state index contributed by atoms with van der Waals surface area (Å²) in [5.74, 6) is -6.02. The summed E-state index contributed by atoms with van der Waals surface area (Å²) in [6.45, 7) is 2.56. The van der Waals surface area contributed by atoms with E-state index in [2.05, 4.69) is 10.6 Å². The molecule has 0 saturated heterocycles. The van der Waals surface area contributed by atoms with E-state index in [1.807, 2.05) is 0 Å². The van der Waals surface area contributed by atoms with Crippen LogP contribution in [-0.2, 0) is 5.41 Å². The number of hydrogen-bond acceptors (Lipinski definition) is 4. The molecule has 0 aliphatic rings. The van der Waals surface area contributed by atoms with Crippen molar-refractivity contribution in [2.45, 2.75) is 31.6 Å². The van der Waals surface area contributed by atoms with Crippen molar-refractivity contribution in [3.05, 3.63) is 69.8 Å². The smallest absolute Gasteiger partial charge is 0.411 e. The highest BCUT2D eigenvalue weighted by atomic mass is 19.4. The van der Waals surface area contributed by atoms with Gasteiger partial charge in [0, 0.05) is 13.1 Å². The molecule has 0 radical (unpaired) electrons. The van der Waals surface area contributed by atoms with E-state index in [0.29, 0.717) is 12.1 Å². The molecular weight excluding hydrogens is 514 g/mol. The molecule has 2 aromatic rings. The first-order valence-electron chi connectivity index (χ1n) is 10.5. The van der Waals surface area contributed by atoms with Gasteiger partial charge in [0.2, 0.25) is 5.41 Å². The summed E-state index contributed by atoms with van der Waals surface area (Å²) in [7, 11) is 0. The zero-order chi connectivity index (χ0) is 28.3. The Morgan fingerprint density at radius 2 is 0.973 bits per heavy atom. The number of carboxylic acid groups (broad SMARTS) is 2. The van der Waals surface area contributed by atoms with Crippen molar-refractivity contribution in [2.75, 3.05) is 13.1 Å². The number of rotatable bonds is 8. The number of carbonyl (C=O) groups excluding carboxylic acids is 2. The third-order valence-electron chi connectivity index (χ3n) is 5.38. The maximum Gasteiger partial charge on any atom is 0.411 e. The molecule has 2 aromatic carbocycles. The second-order valence-electron chi connectivity index (χ2n) is 7.60. The van der Waals surface area contributed by atoms with Crippen LogP contribution in [0, 0.1) is 0 Å². The van der Waals surface area contributed by atoms with Crippen molar-refractivity contribution in [3.63, 3.8) is 0 Å². The highest BCUT2D eigenvalue weighted by Crippen LogP contribution is 2.56. The zero-order valence-corrected chi connectivity index (χ0v) is 19.2.